The zero-order valence-electron chi connectivity index (χ0n) is 10.3. The molecule has 0 unspecified atom stereocenters. The Bertz CT molecular complexity index is 193. The lowest BCUT2D eigenvalue weighted by molar-refractivity contribution is 0.181. The third-order valence-corrected chi connectivity index (χ3v) is 1.89. The first kappa shape index (κ1) is 26.1. The summed E-state index contributed by atoms with van der Waals surface area (Å²) in [6, 6.07) is 0.0500. The molecule has 0 atom stereocenters. The van der Waals surface area contributed by atoms with Gasteiger partial charge in [0.15, 0.2) is 0 Å². The van der Waals surface area contributed by atoms with Crippen molar-refractivity contribution >= 4 is 55.7 Å². The normalized spacial score (nSPS) is 14.2. The summed E-state index contributed by atoms with van der Waals surface area (Å²) < 4.78 is 0. The maximum absolute atomic E-state index is 11.6. The van der Waals surface area contributed by atoms with Gasteiger partial charge < -0.3 is 15.5 Å². The van der Waals surface area contributed by atoms with E-state index < -0.39 is 0 Å². The molecule has 1 aliphatic heterocycles. The lowest BCUT2D eigenvalue weighted by Gasteiger charge is -2.31. The number of nitrogens with one attached hydrogen (secondary N) is 2. The highest BCUT2D eigenvalue weighted by Crippen LogP contribution is 2.01. The van der Waals surface area contributed by atoms with E-state index in [9.17, 15) is 4.79 Å². The summed E-state index contributed by atoms with van der Waals surface area (Å²) in [4.78, 5) is 13.4. The number of rotatable bonds is 0. The van der Waals surface area contributed by atoms with Crippen LogP contribution in [-0.4, -0.2) is 42.6 Å². The number of halogens is 4. The number of urea groups is 1. The Morgan fingerprint density at radius 1 is 1.06 bits per heavy atom. The van der Waals surface area contributed by atoms with E-state index in [1.165, 1.54) is 0 Å². The number of carbonyl (C=O) groups excluding carboxylic acids is 1. The molecule has 0 aromatic carbocycles. The van der Waals surface area contributed by atoms with E-state index in [1.54, 1.807) is 0 Å². The second kappa shape index (κ2) is 11.5. The zero-order chi connectivity index (χ0) is 9.90. The van der Waals surface area contributed by atoms with E-state index in [0.29, 0.717) is 0 Å². The van der Waals surface area contributed by atoms with Crippen LogP contribution in [0.1, 0.15) is 20.8 Å². The highest BCUT2D eigenvalue weighted by Gasteiger charge is 2.20. The van der Waals surface area contributed by atoms with Crippen LogP contribution in [0.5, 0.6) is 0 Å². The third kappa shape index (κ3) is 11.2. The number of nitrogens with zero attached hydrogens (tertiary/aromatic N) is 1. The SMILES string of the molecule is CC(C)(C)NC(=O)N1CCNCC1.Cl.Cl.Cl.Cl. The number of amides is 2. The highest BCUT2D eigenvalue weighted by atomic mass is 35.5. The third-order valence-electron chi connectivity index (χ3n) is 1.89. The lowest BCUT2D eigenvalue weighted by Crippen LogP contribution is -2.54. The van der Waals surface area contributed by atoms with Crippen LogP contribution in [0.4, 0.5) is 4.79 Å². The maximum atomic E-state index is 11.6. The van der Waals surface area contributed by atoms with Crippen LogP contribution in [-0.2, 0) is 0 Å². The fourth-order valence-electron chi connectivity index (χ4n) is 1.27. The fraction of sp³-hybridized carbons (Fsp3) is 0.889. The number of hydrogen-bond donors (Lipinski definition) is 2. The van der Waals surface area contributed by atoms with Crippen molar-refractivity contribution in [1.82, 2.24) is 15.5 Å². The van der Waals surface area contributed by atoms with Gasteiger partial charge in [0.25, 0.3) is 0 Å². The summed E-state index contributed by atoms with van der Waals surface area (Å²) in [5.41, 5.74) is -0.137. The first-order chi connectivity index (χ1) is 5.99. The Hall–Kier alpha value is 0.390. The predicted octanol–water partition coefficient (Wildman–Crippen LogP) is 2.09. The minimum Gasteiger partial charge on any atom is -0.333 e. The van der Waals surface area contributed by atoms with E-state index in [1.807, 2.05) is 25.7 Å². The molecule has 2 amide bonds. The van der Waals surface area contributed by atoms with Crippen molar-refractivity contribution in [3.63, 3.8) is 0 Å². The second-order valence-corrected chi connectivity index (χ2v) is 4.42. The molecular weight excluding hydrogens is 308 g/mol. The molecule has 0 aromatic rings. The average Bonchev–Trinajstić information content (AvgIpc) is 2.03. The van der Waals surface area contributed by atoms with Gasteiger partial charge in [-0.3, -0.25) is 0 Å². The fourth-order valence-corrected chi connectivity index (χ4v) is 1.27. The molecule has 0 bridgehead atoms. The van der Waals surface area contributed by atoms with E-state index in [2.05, 4.69) is 10.6 Å². The monoisotopic (exact) mass is 329 g/mol. The molecule has 2 N–H and O–H groups in total. The minimum atomic E-state index is -0.137. The van der Waals surface area contributed by atoms with Gasteiger partial charge in [0.2, 0.25) is 0 Å². The molecule has 17 heavy (non-hydrogen) atoms. The Balaban J connectivity index is -0.000000211. The van der Waals surface area contributed by atoms with E-state index in [0.717, 1.165) is 26.2 Å². The summed E-state index contributed by atoms with van der Waals surface area (Å²) in [7, 11) is 0. The molecule has 1 aliphatic rings. The van der Waals surface area contributed by atoms with Crippen molar-refractivity contribution in [3.8, 4) is 0 Å². The maximum Gasteiger partial charge on any atom is 0.317 e. The van der Waals surface area contributed by atoms with Gasteiger partial charge in [-0.15, -0.1) is 49.6 Å². The van der Waals surface area contributed by atoms with Crippen LogP contribution in [0, 0.1) is 0 Å². The van der Waals surface area contributed by atoms with Crippen LogP contribution >= 0.6 is 49.6 Å². The van der Waals surface area contributed by atoms with Crippen LogP contribution < -0.4 is 10.6 Å². The van der Waals surface area contributed by atoms with Gasteiger partial charge >= 0.3 is 6.03 Å². The molecule has 0 aliphatic carbocycles. The highest BCUT2D eigenvalue weighted by molar-refractivity contribution is 5.86. The molecule has 1 heterocycles. The van der Waals surface area contributed by atoms with Crippen molar-refractivity contribution in [3.05, 3.63) is 0 Å². The predicted molar refractivity (Wildman–Crippen MR) is 81.7 cm³/mol. The Morgan fingerprint density at radius 2 is 1.47 bits per heavy atom. The molecule has 1 rings (SSSR count). The molecule has 108 valence electrons. The van der Waals surface area contributed by atoms with Gasteiger partial charge in [0.1, 0.15) is 0 Å². The number of hydrogen-bond acceptors (Lipinski definition) is 2. The molecular formula is C9H23Cl4N3O. The second-order valence-electron chi connectivity index (χ2n) is 4.42. The molecule has 0 radical (unpaired) electrons. The largest absolute Gasteiger partial charge is 0.333 e. The minimum absolute atomic E-state index is 0. The van der Waals surface area contributed by atoms with Gasteiger partial charge in [-0.2, -0.15) is 0 Å². The topological polar surface area (TPSA) is 44.4 Å². The van der Waals surface area contributed by atoms with E-state index >= 15 is 0 Å². The Kier molecular flexibility index (Phi) is 17.6. The van der Waals surface area contributed by atoms with Crippen LogP contribution in [0.15, 0.2) is 0 Å². The van der Waals surface area contributed by atoms with Crippen LogP contribution in [0.2, 0.25) is 0 Å². The quantitative estimate of drug-likeness (QED) is 0.714. The van der Waals surface area contributed by atoms with Gasteiger partial charge in [-0.05, 0) is 20.8 Å². The number of carbonyl (C=O) groups is 1. The van der Waals surface area contributed by atoms with Crippen LogP contribution in [0.3, 0.4) is 0 Å². The van der Waals surface area contributed by atoms with E-state index in [4.69, 9.17) is 0 Å². The van der Waals surface area contributed by atoms with Crippen molar-refractivity contribution in [1.29, 1.82) is 0 Å². The summed E-state index contributed by atoms with van der Waals surface area (Å²) in [5, 5.41) is 6.16. The van der Waals surface area contributed by atoms with Gasteiger partial charge in [0.05, 0.1) is 0 Å². The van der Waals surface area contributed by atoms with Crippen LogP contribution in [0.25, 0.3) is 0 Å². The smallest absolute Gasteiger partial charge is 0.317 e. The molecule has 1 fully saturated rings. The summed E-state index contributed by atoms with van der Waals surface area (Å²) >= 11 is 0. The summed E-state index contributed by atoms with van der Waals surface area (Å²) in [6.45, 7) is 9.40. The number of piperazine rings is 1. The molecule has 0 spiro atoms. The van der Waals surface area contributed by atoms with Gasteiger partial charge in [-0.1, -0.05) is 0 Å². The van der Waals surface area contributed by atoms with Crippen molar-refractivity contribution in [2.75, 3.05) is 26.2 Å². The van der Waals surface area contributed by atoms with Gasteiger partial charge in [-0.25, -0.2) is 4.79 Å². The van der Waals surface area contributed by atoms with E-state index in [-0.39, 0.29) is 61.2 Å². The first-order valence-corrected chi connectivity index (χ1v) is 4.77. The molecule has 0 saturated carbocycles. The molecule has 1 saturated heterocycles. The lowest BCUT2D eigenvalue weighted by atomic mass is 10.1. The molecule has 4 nitrogen and oxygen atoms in total. The molecule has 8 heteroatoms. The van der Waals surface area contributed by atoms with Crippen molar-refractivity contribution in [2.45, 2.75) is 26.3 Å². The standard InChI is InChI=1S/C9H19N3O.4ClH/c1-9(2,3)11-8(13)12-6-4-10-5-7-12;;;;/h10H,4-7H2,1-3H3,(H,11,13);4*1H. The van der Waals surface area contributed by atoms with Crippen molar-refractivity contribution < 1.29 is 4.79 Å². The van der Waals surface area contributed by atoms with Gasteiger partial charge in [0, 0.05) is 31.7 Å². The Labute approximate surface area is 128 Å². The summed E-state index contributed by atoms with van der Waals surface area (Å²) in [6.07, 6.45) is 0. The summed E-state index contributed by atoms with van der Waals surface area (Å²) in [5.74, 6) is 0. The Morgan fingerprint density at radius 3 is 1.82 bits per heavy atom. The first-order valence-electron chi connectivity index (χ1n) is 4.77. The average molecular weight is 331 g/mol. The molecule has 0 aromatic heterocycles. The zero-order valence-corrected chi connectivity index (χ0v) is 13.6. The van der Waals surface area contributed by atoms with Crippen molar-refractivity contribution in [2.24, 2.45) is 0 Å².